The maximum atomic E-state index is 11.7. The van der Waals surface area contributed by atoms with Gasteiger partial charge in [-0.2, -0.15) is 0 Å². The molecule has 0 aliphatic carbocycles. The molecule has 1 N–H and O–H groups in total. The summed E-state index contributed by atoms with van der Waals surface area (Å²) in [6.45, 7) is 0.831. The van der Waals surface area contributed by atoms with Gasteiger partial charge in [-0.05, 0) is 42.3 Å². The number of aryl methyl sites for hydroxylation is 1. The molecule has 0 saturated heterocycles. The van der Waals surface area contributed by atoms with E-state index in [2.05, 4.69) is 11.1 Å². The van der Waals surface area contributed by atoms with Gasteiger partial charge in [-0.3, -0.25) is 4.79 Å². The van der Waals surface area contributed by atoms with E-state index in [1.54, 1.807) is 13.3 Å². The van der Waals surface area contributed by atoms with Crippen molar-refractivity contribution in [3.8, 4) is 0 Å². The number of ether oxygens (including phenoxy) is 1. The second kappa shape index (κ2) is 6.36. The number of hydrogen-bond donors (Lipinski definition) is 1. The molecule has 1 aromatic carbocycles. The number of unbranched alkanes of at least 4 members (excludes halogenated alkanes) is 2. The lowest BCUT2D eigenvalue weighted by molar-refractivity contribution is 0.192. The molecule has 0 radical (unpaired) electrons. The predicted molar refractivity (Wildman–Crippen MR) is 74.0 cm³/mol. The molecule has 18 heavy (non-hydrogen) atoms. The molecule has 3 nitrogen and oxygen atoms in total. The zero-order chi connectivity index (χ0) is 12.8. The monoisotopic (exact) mass is 245 g/mol. The van der Waals surface area contributed by atoms with Crippen LogP contribution in [0.5, 0.6) is 0 Å². The highest BCUT2D eigenvalue weighted by Crippen LogP contribution is 2.14. The number of methoxy groups -OCH3 is 1. The van der Waals surface area contributed by atoms with E-state index in [1.807, 2.05) is 18.2 Å². The van der Waals surface area contributed by atoms with E-state index in [-0.39, 0.29) is 5.56 Å². The topological polar surface area (TPSA) is 42.1 Å². The lowest BCUT2D eigenvalue weighted by Crippen LogP contribution is -2.04. The zero-order valence-electron chi connectivity index (χ0n) is 10.7. The minimum atomic E-state index is -0.00580. The minimum Gasteiger partial charge on any atom is -0.385 e. The molecule has 0 amide bonds. The van der Waals surface area contributed by atoms with Crippen LogP contribution in [-0.4, -0.2) is 18.7 Å². The van der Waals surface area contributed by atoms with Gasteiger partial charge in [0.2, 0.25) is 0 Å². The molecule has 0 aliphatic rings. The number of pyridine rings is 1. The first-order chi connectivity index (χ1) is 8.81. The Bertz CT molecular complexity index is 560. The number of hydrogen-bond acceptors (Lipinski definition) is 2. The highest BCUT2D eigenvalue weighted by Gasteiger charge is 2.00. The first-order valence-electron chi connectivity index (χ1n) is 6.40. The molecule has 1 heterocycles. The average molecular weight is 245 g/mol. The van der Waals surface area contributed by atoms with E-state index in [9.17, 15) is 4.79 Å². The Morgan fingerprint density at radius 1 is 1.17 bits per heavy atom. The number of aromatic nitrogens is 1. The summed E-state index contributed by atoms with van der Waals surface area (Å²) in [5.41, 5.74) is 1.23. The van der Waals surface area contributed by atoms with Crippen molar-refractivity contribution >= 4 is 10.8 Å². The van der Waals surface area contributed by atoms with Crippen LogP contribution in [0.2, 0.25) is 0 Å². The third-order valence-electron chi connectivity index (χ3n) is 3.15. The maximum absolute atomic E-state index is 11.7. The summed E-state index contributed by atoms with van der Waals surface area (Å²) in [7, 11) is 1.73. The molecule has 0 atom stereocenters. The summed E-state index contributed by atoms with van der Waals surface area (Å²) in [6, 6.07) is 8.07. The normalized spacial score (nSPS) is 10.9. The Kier molecular flexibility index (Phi) is 4.53. The van der Waals surface area contributed by atoms with Gasteiger partial charge >= 0.3 is 0 Å². The average Bonchev–Trinajstić information content (AvgIpc) is 2.39. The molecule has 0 saturated carbocycles. The number of rotatable bonds is 6. The van der Waals surface area contributed by atoms with Crippen LogP contribution in [0.1, 0.15) is 24.8 Å². The molecular weight excluding hydrogens is 226 g/mol. The van der Waals surface area contributed by atoms with Gasteiger partial charge in [0.15, 0.2) is 0 Å². The number of nitrogens with one attached hydrogen (secondary N) is 1. The van der Waals surface area contributed by atoms with Crippen LogP contribution in [0.15, 0.2) is 35.3 Å². The van der Waals surface area contributed by atoms with E-state index < -0.39 is 0 Å². The largest absolute Gasteiger partial charge is 0.385 e. The van der Waals surface area contributed by atoms with Crippen LogP contribution in [0.25, 0.3) is 10.8 Å². The minimum absolute atomic E-state index is 0.00580. The van der Waals surface area contributed by atoms with E-state index >= 15 is 0 Å². The first-order valence-corrected chi connectivity index (χ1v) is 6.40. The van der Waals surface area contributed by atoms with Gasteiger partial charge in [0.05, 0.1) is 0 Å². The van der Waals surface area contributed by atoms with E-state index in [0.717, 1.165) is 43.1 Å². The Morgan fingerprint density at radius 3 is 2.89 bits per heavy atom. The Hall–Kier alpha value is -1.61. The van der Waals surface area contributed by atoms with Crippen LogP contribution < -0.4 is 5.56 Å². The van der Waals surface area contributed by atoms with Gasteiger partial charge in [-0.25, -0.2) is 0 Å². The van der Waals surface area contributed by atoms with Gasteiger partial charge < -0.3 is 9.72 Å². The molecule has 0 spiro atoms. The smallest absolute Gasteiger partial charge is 0.255 e. The van der Waals surface area contributed by atoms with Gasteiger partial charge in [0, 0.05) is 25.3 Å². The van der Waals surface area contributed by atoms with Crippen molar-refractivity contribution in [3.05, 3.63) is 46.4 Å². The molecule has 0 fully saturated rings. The number of benzene rings is 1. The summed E-state index contributed by atoms with van der Waals surface area (Å²) in [4.78, 5) is 14.4. The summed E-state index contributed by atoms with van der Waals surface area (Å²) in [5, 5.41) is 1.79. The fourth-order valence-corrected chi connectivity index (χ4v) is 2.14. The Labute approximate surface area is 107 Å². The quantitative estimate of drug-likeness (QED) is 0.795. The SMILES string of the molecule is COCCCCCc1ccc2cc[nH]c(=O)c2c1. The van der Waals surface area contributed by atoms with Crippen LogP contribution in [0, 0.1) is 0 Å². The molecule has 0 aliphatic heterocycles. The van der Waals surface area contributed by atoms with Crippen LogP contribution in [0.4, 0.5) is 0 Å². The van der Waals surface area contributed by atoms with Crippen molar-refractivity contribution in [2.45, 2.75) is 25.7 Å². The zero-order valence-corrected chi connectivity index (χ0v) is 10.7. The van der Waals surface area contributed by atoms with Crippen molar-refractivity contribution in [1.82, 2.24) is 4.98 Å². The van der Waals surface area contributed by atoms with Crippen molar-refractivity contribution in [3.63, 3.8) is 0 Å². The molecule has 0 bridgehead atoms. The van der Waals surface area contributed by atoms with E-state index in [1.165, 1.54) is 5.56 Å². The lowest BCUT2D eigenvalue weighted by atomic mass is 10.0. The summed E-state index contributed by atoms with van der Waals surface area (Å²) < 4.78 is 5.02. The second-order valence-electron chi connectivity index (χ2n) is 4.53. The fraction of sp³-hybridized carbons (Fsp3) is 0.400. The van der Waals surface area contributed by atoms with E-state index in [4.69, 9.17) is 4.74 Å². The van der Waals surface area contributed by atoms with Crippen molar-refractivity contribution in [1.29, 1.82) is 0 Å². The maximum Gasteiger partial charge on any atom is 0.255 e. The molecule has 96 valence electrons. The first kappa shape index (κ1) is 12.8. The number of H-pyrrole nitrogens is 1. The molecule has 3 heteroatoms. The third kappa shape index (κ3) is 3.20. The molecule has 2 rings (SSSR count). The highest BCUT2D eigenvalue weighted by atomic mass is 16.5. The standard InChI is InChI=1S/C15H19NO2/c1-18-10-4-2-3-5-12-6-7-13-8-9-16-15(17)14(13)11-12/h6-9,11H,2-5,10H2,1H3,(H,16,17). The summed E-state index contributed by atoms with van der Waals surface area (Å²) in [5.74, 6) is 0. The Morgan fingerprint density at radius 2 is 2.06 bits per heavy atom. The lowest BCUT2D eigenvalue weighted by Gasteiger charge is -2.03. The van der Waals surface area contributed by atoms with Crippen molar-refractivity contribution in [2.75, 3.05) is 13.7 Å². The van der Waals surface area contributed by atoms with Gasteiger partial charge in [-0.1, -0.05) is 18.6 Å². The van der Waals surface area contributed by atoms with E-state index in [0.29, 0.717) is 0 Å². The molecule has 2 aromatic rings. The van der Waals surface area contributed by atoms with Gasteiger partial charge in [-0.15, -0.1) is 0 Å². The van der Waals surface area contributed by atoms with Gasteiger partial charge in [0.25, 0.3) is 5.56 Å². The summed E-state index contributed by atoms with van der Waals surface area (Å²) in [6.07, 6.45) is 6.12. The third-order valence-corrected chi connectivity index (χ3v) is 3.15. The number of fused-ring (bicyclic) bond motifs is 1. The fourth-order valence-electron chi connectivity index (χ4n) is 2.14. The number of aromatic amines is 1. The van der Waals surface area contributed by atoms with Crippen LogP contribution in [-0.2, 0) is 11.2 Å². The summed E-state index contributed by atoms with van der Waals surface area (Å²) >= 11 is 0. The Balaban J connectivity index is 2.01. The van der Waals surface area contributed by atoms with Crippen molar-refractivity contribution < 1.29 is 4.74 Å². The highest BCUT2D eigenvalue weighted by molar-refractivity contribution is 5.81. The molecule has 0 unspecified atom stereocenters. The van der Waals surface area contributed by atoms with Crippen LogP contribution in [0.3, 0.4) is 0 Å². The molecular formula is C15H19NO2. The van der Waals surface area contributed by atoms with Crippen LogP contribution >= 0.6 is 0 Å². The molecule has 1 aromatic heterocycles. The predicted octanol–water partition coefficient (Wildman–Crippen LogP) is 2.89. The van der Waals surface area contributed by atoms with Gasteiger partial charge in [0.1, 0.15) is 0 Å². The van der Waals surface area contributed by atoms with Crippen molar-refractivity contribution in [2.24, 2.45) is 0 Å². The second-order valence-corrected chi connectivity index (χ2v) is 4.53.